The molecule has 1 aromatic carbocycles. The number of likely N-dealkylation sites (tertiary alicyclic amines) is 1. The van der Waals surface area contributed by atoms with Crippen molar-refractivity contribution in [3.63, 3.8) is 0 Å². The maximum absolute atomic E-state index is 12.6. The van der Waals surface area contributed by atoms with Crippen LogP contribution in [0.25, 0.3) is 6.08 Å². The summed E-state index contributed by atoms with van der Waals surface area (Å²) < 4.78 is 0. The Morgan fingerprint density at radius 2 is 1.81 bits per heavy atom. The van der Waals surface area contributed by atoms with Crippen LogP contribution in [-0.4, -0.2) is 57.4 Å². The normalized spacial score (nSPS) is 18.3. The van der Waals surface area contributed by atoms with Gasteiger partial charge in [0.25, 0.3) is 5.91 Å². The molecule has 1 aliphatic heterocycles. The maximum atomic E-state index is 12.6. The summed E-state index contributed by atoms with van der Waals surface area (Å²) in [6.45, 7) is 2.58. The predicted molar refractivity (Wildman–Crippen MR) is 106 cm³/mol. The molecule has 1 aliphatic carbocycles. The Morgan fingerprint density at radius 3 is 2.48 bits per heavy atom. The largest absolute Gasteiger partial charge is 0.337 e. The Labute approximate surface area is 160 Å². The third-order valence-corrected chi connectivity index (χ3v) is 5.44. The molecule has 2 fully saturated rings. The molecule has 0 unspecified atom stereocenters. The summed E-state index contributed by atoms with van der Waals surface area (Å²) in [5.41, 5.74) is 1.69. The van der Waals surface area contributed by atoms with Crippen LogP contribution >= 0.6 is 0 Å². The number of hydrogen-bond acceptors (Lipinski definition) is 4. The van der Waals surface area contributed by atoms with Crippen molar-refractivity contribution in [3.05, 3.63) is 66.3 Å². The number of nitrogens with zero attached hydrogens (tertiary/aromatic N) is 4. The second-order valence-corrected chi connectivity index (χ2v) is 7.36. The van der Waals surface area contributed by atoms with E-state index in [1.54, 1.807) is 18.6 Å². The van der Waals surface area contributed by atoms with Gasteiger partial charge in [-0.05, 0) is 31.2 Å². The first-order valence-electron chi connectivity index (χ1n) is 9.84. The van der Waals surface area contributed by atoms with Gasteiger partial charge in [-0.1, -0.05) is 42.5 Å². The maximum Gasteiger partial charge on any atom is 0.274 e. The van der Waals surface area contributed by atoms with E-state index in [0.717, 1.165) is 38.5 Å². The molecule has 5 nitrogen and oxygen atoms in total. The van der Waals surface area contributed by atoms with Crippen LogP contribution in [0.1, 0.15) is 41.7 Å². The Balaban J connectivity index is 1.33. The SMILES string of the molecule is O=C(c1cnccn1)N1CCC(N(CC=Cc2ccccc2)C2CC2)CC1. The molecule has 2 aliphatic rings. The molecule has 5 heteroatoms. The van der Waals surface area contributed by atoms with Crippen LogP contribution in [0.2, 0.25) is 0 Å². The summed E-state index contributed by atoms with van der Waals surface area (Å²) in [6.07, 6.45) is 13.9. The van der Waals surface area contributed by atoms with Crippen LogP contribution < -0.4 is 0 Å². The highest BCUT2D eigenvalue weighted by Crippen LogP contribution is 2.32. The zero-order valence-corrected chi connectivity index (χ0v) is 15.6. The number of amides is 1. The first-order valence-corrected chi connectivity index (χ1v) is 9.84. The molecule has 1 amide bonds. The quantitative estimate of drug-likeness (QED) is 0.791. The lowest BCUT2D eigenvalue weighted by Gasteiger charge is -2.38. The lowest BCUT2D eigenvalue weighted by atomic mass is 10.0. The summed E-state index contributed by atoms with van der Waals surface area (Å²) in [7, 11) is 0. The summed E-state index contributed by atoms with van der Waals surface area (Å²) in [4.78, 5) is 25.3. The van der Waals surface area contributed by atoms with Gasteiger partial charge in [-0.15, -0.1) is 0 Å². The van der Waals surface area contributed by atoms with Crippen molar-refractivity contribution >= 4 is 12.0 Å². The number of rotatable bonds is 6. The molecule has 4 rings (SSSR count). The Hall–Kier alpha value is -2.53. The van der Waals surface area contributed by atoms with E-state index in [4.69, 9.17) is 0 Å². The minimum atomic E-state index is 0.00324. The molecule has 0 atom stereocenters. The van der Waals surface area contributed by atoms with E-state index in [1.165, 1.54) is 18.4 Å². The second kappa shape index (κ2) is 8.44. The summed E-state index contributed by atoms with van der Waals surface area (Å²) in [5, 5.41) is 0. The predicted octanol–water partition coefficient (Wildman–Crippen LogP) is 3.26. The van der Waals surface area contributed by atoms with Gasteiger partial charge in [0.1, 0.15) is 5.69 Å². The highest BCUT2D eigenvalue weighted by molar-refractivity contribution is 5.92. The van der Waals surface area contributed by atoms with Gasteiger partial charge in [-0.2, -0.15) is 0 Å². The highest BCUT2D eigenvalue weighted by atomic mass is 16.2. The van der Waals surface area contributed by atoms with Crippen molar-refractivity contribution in [2.75, 3.05) is 19.6 Å². The van der Waals surface area contributed by atoms with Gasteiger partial charge in [-0.25, -0.2) is 4.98 Å². The lowest BCUT2D eigenvalue weighted by molar-refractivity contribution is 0.0617. The third-order valence-electron chi connectivity index (χ3n) is 5.44. The zero-order chi connectivity index (χ0) is 18.5. The molecular formula is C22H26N4O. The molecule has 1 aromatic heterocycles. The van der Waals surface area contributed by atoms with Gasteiger partial charge in [-0.3, -0.25) is 14.7 Å². The highest BCUT2D eigenvalue weighted by Gasteiger charge is 2.35. The molecule has 27 heavy (non-hydrogen) atoms. The average Bonchev–Trinajstić information content (AvgIpc) is 3.57. The van der Waals surface area contributed by atoms with Crippen molar-refractivity contribution in [1.29, 1.82) is 0 Å². The summed E-state index contributed by atoms with van der Waals surface area (Å²) in [6, 6.07) is 11.7. The minimum absolute atomic E-state index is 0.00324. The van der Waals surface area contributed by atoms with Gasteiger partial charge < -0.3 is 4.90 Å². The topological polar surface area (TPSA) is 49.3 Å². The average molecular weight is 362 g/mol. The number of piperidine rings is 1. The molecule has 0 radical (unpaired) electrons. The van der Waals surface area contributed by atoms with Crippen molar-refractivity contribution in [3.8, 4) is 0 Å². The van der Waals surface area contributed by atoms with Gasteiger partial charge in [0.2, 0.25) is 0 Å². The molecule has 140 valence electrons. The van der Waals surface area contributed by atoms with Crippen molar-refractivity contribution in [1.82, 2.24) is 19.8 Å². The fourth-order valence-electron chi connectivity index (χ4n) is 3.85. The van der Waals surface area contributed by atoms with E-state index in [2.05, 4.69) is 51.3 Å². The van der Waals surface area contributed by atoms with E-state index in [-0.39, 0.29) is 5.91 Å². The first-order chi connectivity index (χ1) is 13.3. The van der Waals surface area contributed by atoms with Crippen molar-refractivity contribution in [2.45, 2.75) is 37.8 Å². The fourth-order valence-corrected chi connectivity index (χ4v) is 3.85. The monoisotopic (exact) mass is 362 g/mol. The zero-order valence-electron chi connectivity index (χ0n) is 15.6. The Bertz CT molecular complexity index is 765. The van der Waals surface area contributed by atoms with Crippen molar-refractivity contribution < 1.29 is 4.79 Å². The second-order valence-electron chi connectivity index (χ2n) is 7.36. The van der Waals surface area contributed by atoms with E-state index in [0.29, 0.717) is 11.7 Å². The van der Waals surface area contributed by atoms with Gasteiger partial charge in [0.15, 0.2) is 0 Å². The molecule has 0 spiro atoms. The number of aromatic nitrogens is 2. The minimum Gasteiger partial charge on any atom is -0.337 e. The third kappa shape index (κ3) is 4.61. The molecule has 0 bridgehead atoms. The molecule has 1 saturated carbocycles. The fraction of sp³-hybridized carbons (Fsp3) is 0.409. The smallest absolute Gasteiger partial charge is 0.274 e. The van der Waals surface area contributed by atoms with Gasteiger partial charge in [0, 0.05) is 44.1 Å². The number of hydrogen-bond donors (Lipinski definition) is 0. The summed E-state index contributed by atoms with van der Waals surface area (Å²) in [5.74, 6) is 0.00324. The van der Waals surface area contributed by atoms with Gasteiger partial charge in [0.05, 0.1) is 6.20 Å². The molecule has 0 N–H and O–H groups in total. The number of benzene rings is 1. The van der Waals surface area contributed by atoms with Crippen molar-refractivity contribution in [2.24, 2.45) is 0 Å². The molecule has 1 saturated heterocycles. The van der Waals surface area contributed by atoms with Crippen LogP contribution in [0.3, 0.4) is 0 Å². The van der Waals surface area contributed by atoms with E-state index in [9.17, 15) is 4.79 Å². The molecule has 2 aromatic rings. The van der Waals surface area contributed by atoms with E-state index >= 15 is 0 Å². The van der Waals surface area contributed by atoms with Crippen LogP contribution in [-0.2, 0) is 0 Å². The molecule has 2 heterocycles. The molecular weight excluding hydrogens is 336 g/mol. The van der Waals surface area contributed by atoms with Gasteiger partial charge >= 0.3 is 0 Å². The Morgan fingerprint density at radius 1 is 1.07 bits per heavy atom. The number of carbonyl (C=O) groups excluding carboxylic acids is 1. The summed E-state index contributed by atoms with van der Waals surface area (Å²) >= 11 is 0. The lowest BCUT2D eigenvalue weighted by Crippen LogP contribution is -2.47. The first kappa shape index (κ1) is 17.9. The van der Waals surface area contributed by atoms with Crippen LogP contribution in [0.15, 0.2) is 55.0 Å². The van der Waals surface area contributed by atoms with E-state index < -0.39 is 0 Å². The van der Waals surface area contributed by atoms with Crippen LogP contribution in [0.4, 0.5) is 0 Å². The van der Waals surface area contributed by atoms with Crippen LogP contribution in [0.5, 0.6) is 0 Å². The van der Waals surface area contributed by atoms with E-state index in [1.807, 2.05) is 11.0 Å². The Kier molecular flexibility index (Phi) is 5.58. The van der Waals surface area contributed by atoms with Crippen LogP contribution in [0, 0.1) is 0 Å². The standard InChI is InChI=1S/C22H26N4O/c27-22(21-17-23-12-13-24-21)25-15-10-20(11-16-25)26(19-8-9-19)14-4-7-18-5-2-1-3-6-18/h1-7,12-13,17,19-20H,8-11,14-16H2. The number of carbonyl (C=O) groups is 1.